The summed E-state index contributed by atoms with van der Waals surface area (Å²) in [6.45, 7) is 4.89. The van der Waals surface area contributed by atoms with Crippen LogP contribution in [0.3, 0.4) is 0 Å². The van der Waals surface area contributed by atoms with Crippen LogP contribution in [0, 0.1) is 0 Å². The van der Waals surface area contributed by atoms with Crippen LogP contribution in [-0.2, 0) is 24.8 Å². The molecule has 20 heavy (non-hydrogen) atoms. The largest absolute Gasteiger partial charge is 0.428 e. The maximum Gasteiger partial charge on any atom is 0.343 e. The smallest absolute Gasteiger partial charge is 0.343 e. The summed E-state index contributed by atoms with van der Waals surface area (Å²) in [5.74, 6) is -0.483. The molecule has 0 aliphatic rings. The molecule has 7 nitrogen and oxygen atoms in total. The molecule has 0 aromatic heterocycles. The number of nitrogens with one attached hydrogen (secondary N) is 1. The van der Waals surface area contributed by atoms with Crippen LogP contribution < -0.4 is 4.13 Å². The van der Waals surface area contributed by atoms with E-state index in [1.807, 2.05) is 0 Å². The summed E-state index contributed by atoms with van der Waals surface area (Å²) in [5, 5.41) is 0. The topological polar surface area (TPSA) is 107 Å². The van der Waals surface area contributed by atoms with E-state index in [0.717, 1.165) is 18.4 Å². The maximum atomic E-state index is 11.7. The van der Waals surface area contributed by atoms with Crippen molar-refractivity contribution in [3.05, 3.63) is 42.2 Å². The minimum absolute atomic E-state index is 0.117. The zero-order chi connectivity index (χ0) is 15.6. The molecule has 0 atom stereocenters. The highest BCUT2D eigenvalue weighted by molar-refractivity contribution is 8.04. The van der Waals surface area contributed by atoms with Gasteiger partial charge in [-0.2, -0.15) is 0 Å². The first-order valence-electron chi connectivity index (χ1n) is 5.22. The quantitative estimate of drug-likeness (QED) is 0.629. The third kappa shape index (κ3) is 4.76. The van der Waals surface area contributed by atoms with Crippen LogP contribution in [0.5, 0.6) is 0 Å². The van der Waals surface area contributed by atoms with Gasteiger partial charge in [-0.25, -0.2) is 21.6 Å². The van der Waals surface area contributed by atoms with Crippen molar-refractivity contribution in [2.45, 2.75) is 11.8 Å². The van der Waals surface area contributed by atoms with Crippen LogP contribution in [0.2, 0.25) is 0 Å². The van der Waals surface area contributed by atoms with Crippen molar-refractivity contribution in [3.63, 3.8) is 0 Å². The SMILES string of the molecule is C=C(C)OC(=O)c1ccc(S(=O)(=O)NS(C)(=O)=O)cc1. The van der Waals surface area contributed by atoms with Crippen LogP contribution in [0.15, 0.2) is 41.5 Å². The Hall–Kier alpha value is -1.71. The van der Waals surface area contributed by atoms with E-state index in [-0.39, 0.29) is 16.2 Å². The van der Waals surface area contributed by atoms with E-state index in [0.29, 0.717) is 0 Å². The van der Waals surface area contributed by atoms with Gasteiger partial charge >= 0.3 is 5.97 Å². The van der Waals surface area contributed by atoms with E-state index in [1.54, 1.807) is 0 Å². The molecule has 1 aromatic carbocycles. The number of benzene rings is 1. The van der Waals surface area contributed by atoms with Crippen LogP contribution >= 0.6 is 0 Å². The van der Waals surface area contributed by atoms with E-state index < -0.39 is 26.0 Å². The van der Waals surface area contributed by atoms with Crippen molar-refractivity contribution < 1.29 is 26.4 Å². The van der Waals surface area contributed by atoms with Gasteiger partial charge in [-0.05, 0) is 31.2 Å². The number of carbonyl (C=O) groups excluding carboxylic acids is 1. The highest BCUT2D eigenvalue weighted by Crippen LogP contribution is 2.12. The van der Waals surface area contributed by atoms with Crippen molar-refractivity contribution in [2.75, 3.05) is 6.26 Å². The molecule has 1 rings (SSSR count). The Bertz CT molecular complexity index is 732. The summed E-state index contributed by atoms with van der Waals surface area (Å²) >= 11 is 0. The standard InChI is InChI=1S/C11H13NO6S2/c1-8(2)18-11(13)9-4-6-10(7-5-9)20(16,17)12-19(3,14)15/h4-7,12H,1H2,2-3H3. The Balaban J connectivity index is 3.03. The first kappa shape index (κ1) is 16.3. The predicted molar refractivity (Wildman–Crippen MR) is 71.8 cm³/mol. The molecule has 9 heteroatoms. The third-order valence-electron chi connectivity index (χ3n) is 1.93. The Morgan fingerprint density at radius 3 is 2.05 bits per heavy atom. The third-order valence-corrected chi connectivity index (χ3v) is 4.91. The van der Waals surface area contributed by atoms with E-state index >= 15 is 0 Å². The molecular weight excluding hydrogens is 306 g/mol. The number of esters is 1. The minimum Gasteiger partial charge on any atom is -0.428 e. The summed E-state index contributed by atoms with van der Waals surface area (Å²) in [5.41, 5.74) is 0.117. The molecular formula is C11H13NO6S2. The van der Waals surface area contributed by atoms with Gasteiger partial charge in [0.1, 0.15) is 0 Å². The molecule has 0 saturated heterocycles. The number of hydrogen-bond donors (Lipinski definition) is 1. The fraction of sp³-hybridized carbons (Fsp3) is 0.182. The first-order chi connectivity index (χ1) is 9.01. The lowest BCUT2D eigenvalue weighted by Crippen LogP contribution is -2.29. The van der Waals surface area contributed by atoms with Gasteiger partial charge in [0.2, 0.25) is 10.0 Å². The molecule has 1 N–H and O–H groups in total. The summed E-state index contributed by atoms with van der Waals surface area (Å²) in [6, 6.07) is 4.62. The Kier molecular flexibility index (Phi) is 4.69. The molecule has 0 fully saturated rings. The number of allylic oxidation sites excluding steroid dienone is 1. The Labute approximate surface area is 117 Å². The van der Waals surface area contributed by atoms with Gasteiger partial charge in [-0.1, -0.05) is 6.58 Å². The van der Waals surface area contributed by atoms with Gasteiger partial charge in [-0.3, -0.25) is 0 Å². The predicted octanol–water partition coefficient (Wildman–Crippen LogP) is 0.615. The van der Waals surface area contributed by atoms with Gasteiger partial charge in [0.05, 0.1) is 22.5 Å². The van der Waals surface area contributed by atoms with Crippen molar-refractivity contribution in [2.24, 2.45) is 0 Å². The Morgan fingerprint density at radius 2 is 1.65 bits per heavy atom. The van der Waals surface area contributed by atoms with Crippen molar-refractivity contribution in [3.8, 4) is 0 Å². The number of sulfonamides is 2. The van der Waals surface area contributed by atoms with E-state index in [4.69, 9.17) is 4.74 Å². The Morgan fingerprint density at radius 1 is 1.15 bits per heavy atom. The molecule has 0 spiro atoms. The van der Waals surface area contributed by atoms with Crippen LogP contribution in [0.25, 0.3) is 0 Å². The molecule has 0 amide bonds. The lowest BCUT2D eigenvalue weighted by Gasteiger charge is -2.06. The highest BCUT2D eigenvalue weighted by Gasteiger charge is 2.19. The zero-order valence-corrected chi connectivity index (χ0v) is 12.4. The average molecular weight is 319 g/mol. The molecule has 0 radical (unpaired) electrons. The van der Waals surface area contributed by atoms with Crippen molar-refractivity contribution in [1.82, 2.24) is 4.13 Å². The van der Waals surface area contributed by atoms with Crippen LogP contribution in [-0.4, -0.2) is 29.1 Å². The zero-order valence-electron chi connectivity index (χ0n) is 10.8. The van der Waals surface area contributed by atoms with Gasteiger partial charge in [-0.15, -0.1) is 4.13 Å². The fourth-order valence-electron chi connectivity index (χ4n) is 1.23. The number of rotatable bonds is 5. The second-order valence-electron chi connectivity index (χ2n) is 3.97. The van der Waals surface area contributed by atoms with E-state index in [9.17, 15) is 21.6 Å². The molecule has 110 valence electrons. The summed E-state index contributed by atoms with van der Waals surface area (Å²) in [6.07, 6.45) is 0.725. The first-order valence-corrected chi connectivity index (χ1v) is 8.60. The monoisotopic (exact) mass is 319 g/mol. The second kappa shape index (κ2) is 5.73. The lowest BCUT2D eigenvalue weighted by molar-refractivity contribution is 0.0627. The van der Waals surface area contributed by atoms with Gasteiger partial charge in [0.25, 0.3) is 10.0 Å². The molecule has 0 unspecified atom stereocenters. The lowest BCUT2D eigenvalue weighted by atomic mass is 10.2. The molecule has 0 saturated carbocycles. The number of ether oxygens (including phenoxy) is 1. The summed E-state index contributed by atoms with van der Waals surface area (Å²) in [4.78, 5) is 11.2. The fourth-order valence-corrected chi connectivity index (χ4v) is 3.71. The van der Waals surface area contributed by atoms with Crippen LogP contribution in [0.4, 0.5) is 0 Å². The summed E-state index contributed by atoms with van der Waals surface area (Å²) in [7, 11) is -8.10. The highest BCUT2D eigenvalue weighted by atomic mass is 32.3. The van der Waals surface area contributed by atoms with E-state index in [2.05, 4.69) is 6.58 Å². The van der Waals surface area contributed by atoms with E-state index in [1.165, 1.54) is 23.2 Å². The van der Waals surface area contributed by atoms with Crippen molar-refractivity contribution in [1.29, 1.82) is 0 Å². The van der Waals surface area contributed by atoms with Crippen molar-refractivity contribution >= 4 is 26.0 Å². The maximum absolute atomic E-state index is 11.7. The normalized spacial score (nSPS) is 11.9. The molecule has 0 heterocycles. The molecule has 1 aromatic rings. The second-order valence-corrected chi connectivity index (χ2v) is 7.66. The molecule has 0 aliphatic carbocycles. The number of hydrogen-bond acceptors (Lipinski definition) is 6. The van der Waals surface area contributed by atoms with Gasteiger partial charge in [0, 0.05) is 0 Å². The minimum atomic E-state index is -4.19. The van der Waals surface area contributed by atoms with Gasteiger partial charge < -0.3 is 4.74 Å². The summed E-state index contributed by atoms with van der Waals surface area (Å²) < 4.78 is 51.5. The average Bonchev–Trinajstić information content (AvgIpc) is 2.25. The molecule has 0 bridgehead atoms. The van der Waals surface area contributed by atoms with Crippen LogP contribution in [0.1, 0.15) is 17.3 Å². The van der Waals surface area contributed by atoms with Gasteiger partial charge in [0.15, 0.2) is 0 Å². The number of carbonyl (C=O) groups is 1. The molecule has 0 aliphatic heterocycles.